The maximum absolute atomic E-state index is 14.0. The van der Waals surface area contributed by atoms with Gasteiger partial charge in [0, 0.05) is 30.3 Å². The van der Waals surface area contributed by atoms with Gasteiger partial charge in [-0.05, 0) is 88.5 Å². The van der Waals surface area contributed by atoms with E-state index in [2.05, 4.69) is 78.9 Å². The van der Waals surface area contributed by atoms with Crippen LogP contribution in [0.4, 0.5) is 0 Å². The summed E-state index contributed by atoms with van der Waals surface area (Å²) >= 11 is 6.11. The fourth-order valence-electron chi connectivity index (χ4n) is 8.94. The molecular formula is C40H46ClN3O5SSi. The monoisotopic (exact) mass is 743 g/mol. The number of aldehydes is 1. The Hall–Kier alpha value is -3.38. The standard InChI is InChI=1S/C40H46ClN3O5SSi/c1-40(2,3)51(34-11-6-4-7-12-34,35-13-8-5-9-14-35)49-27-30-24-32-19-21-37(30)44(32)38(26-45)43-22-10-15-36(39(43)46)42-50(47,48)33-20-17-28-23-31(41)18-16-29(28)25-33/h4-9,11-14,16-18,20,23,25-26,30,32,36-38,42H,10,15,19,21-22,24,27H2,1-3H3/t30-,32+,36?,37-,38?/m1/s1. The first-order valence-electron chi connectivity index (χ1n) is 17.9. The molecule has 0 aromatic heterocycles. The van der Waals surface area contributed by atoms with Crippen molar-refractivity contribution in [2.75, 3.05) is 13.2 Å². The first-order valence-corrected chi connectivity index (χ1v) is 21.7. The number of hydrogen-bond donors (Lipinski definition) is 1. The quantitative estimate of drug-likeness (QED) is 0.156. The molecule has 11 heteroatoms. The number of likely N-dealkylation sites (tertiary alicyclic amines) is 1. The third-order valence-electron chi connectivity index (χ3n) is 11.3. The SMILES string of the molecule is CC(C)(C)[Si](OC[C@H]1C[C@@H]2CC[C@H]1N2C(C=O)N1CCCC(NS(=O)(=O)c2ccc3cc(Cl)ccc3c2)C1=O)(c1ccccc1)c1ccccc1. The van der Waals surface area contributed by atoms with E-state index < -0.39 is 30.5 Å². The van der Waals surface area contributed by atoms with E-state index in [4.69, 9.17) is 16.0 Å². The van der Waals surface area contributed by atoms with Crippen LogP contribution in [-0.4, -0.2) is 76.2 Å². The number of nitrogens with one attached hydrogen (secondary N) is 1. The Balaban J connectivity index is 1.09. The zero-order valence-electron chi connectivity index (χ0n) is 29.4. The van der Waals surface area contributed by atoms with Crippen molar-refractivity contribution in [1.29, 1.82) is 0 Å². The number of fused-ring (bicyclic) bond motifs is 3. The van der Waals surface area contributed by atoms with Crippen LogP contribution in [0.25, 0.3) is 10.8 Å². The lowest BCUT2D eigenvalue weighted by atomic mass is 9.90. The van der Waals surface area contributed by atoms with E-state index >= 15 is 0 Å². The number of halogens is 1. The van der Waals surface area contributed by atoms with Gasteiger partial charge in [0.2, 0.25) is 15.9 Å². The summed E-state index contributed by atoms with van der Waals surface area (Å²) in [5, 5.41) is 4.44. The van der Waals surface area contributed by atoms with Crippen molar-refractivity contribution in [3.8, 4) is 0 Å². The van der Waals surface area contributed by atoms with E-state index in [0.717, 1.165) is 36.3 Å². The highest BCUT2D eigenvalue weighted by Crippen LogP contribution is 2.45. The number of carbonyl (C=O) groups excluding carboxylic acids is 2. The molecule has 1 amide bonds. The number of carbonyl (C=O) groups is 2. The van der Waals surface area contributed by atoms with Crippen LogP contribution in [0.5, 0.6) is 0 Å². The smallest absolute Gasteiger partial charge is 0.261 e. The molecule has 3 saturated heterocycles. The maximum atomic E-state index is 14.0. The fraction of sp³-hybridized carbons (Fsp3) is 0.400. The van der Waals surface area contributed by atoms with Gasteiger partial charge in [0.1, 0.15) is 12.2 Å². The molecule has 3 aliphatic rings. The number of amides is 1. The molecule has 268 valence electrons. The van der Waals surface area contributed by atoms with Gasteiger partial charge < -0.3 is 9.33 Å². The van der Waals surface area contributed by atoms with Gasteiger partial charge in [0.05, 0.1) is 4.90 Å². The molecule has 2 unspecified atom stereocenters. The van der Waals surface area contributed by atoms with Gasteiger partial charge in [0.15, 0.2) is 6.29 Å². The van der Waals surface area contributed by atoms with E-state index in [-0.39, 0.29) is 33.8 Å². The van der Waals surface area contributed by atoms with Crippen LogP contribution in [0.1, 0.15) is 52.9 Å². The van der Waals surface area contributed by atoms with Gasteiger partial charge >= 0.3 is 0 Å². The summed E-state index contributed by atoms with van der Waals surface area (Å²) in [4.78, 5) is 30.9. The number of benzene rings is 4. The lowest BCUT2D eigenvalue weighted by Crippen LogP contribution is -2.67. The highest BCUT2D eigenvalue weighted by molar-refractivity contribution is 7.89. The number of rotatable bonds is 11. The van der Waals surface area contributed by atoms with Gasteiger partial charge in [-0.3, -0.25) is 14.5 Å². The van der Waals surface area contributed by atoms with Crippen molar-refractivity contribution < 1.29 is 22.4 Å². The van der Waals surface area contributed by atoms with Crippen molar-refractivity contribution in [2.24, 2.45) is 5.92 Å². The largest absolute Gasteiger partial charge is 0.407 e. The van der Waals surface area contributed by atoms with Crippen molar-refractivity contribution in [3.63, 3.8) is 0 Å². The maximum Gasteiger partial charge on any atom is 0.261 e. The molecule has 7 rings (SSSR count). The molecule has 1 N–H and O–H groups in total. The average molecular weight is 744 g/mol. The van der Waals surface area contributed by atoms with E-state index in [0.29, 0.717) is 31.0 Å². The van der Waals surface area contributed by atoms with Crippen molar-refractivity contribution >= 4 is 63.3 Å². The fourth-order valence-corrected chi connectivity index (χ4v) is 15.0. The molecule has 0 radical (unpaired) electrons. The average Bonchev–Trinajstić information content (AvgIpc) is 3.68. The lowest BCUT2D eigenvalue weighted by Gasteiger charge is -2.44. The summed E-state index contributed by atoms with van der Waals surface area (Å²) in [5.74, 6) is -0.161. The minimum Gasteiger partial charge on any atom is -0.407 e. The zero-order chi connectivity index (χ0) is 36.0. The predicted molar refractivity (Wildman–Crippen MR) is 204 cm³/mol. The van der Waals surface area contributed by atoms with Crippen LogP contribution in [0.3, 0.4) is 0 Å². The van der Waals surface area contributed by atoms with Gasteiger partial charge in [0.25, 0.3) is 8.32 Å². The molecule has 0 spiro atoms. The summed E-state index contributed by atoms with van der Waals surface area (Å²) in [6.07, 6.45) is 3.84. The predicted octanol–water partition coefficient (Wildman–Crippen LogP) is 5.72. The molecule has 51 heavy (non-hydrogen) atoms. The first-order chi connectivity index (χ1) is 24.4. The third kappa shape index (κ3) is 6.71. The molecule has 8 nitrogen and oxygen atoms in total. The number of sulfonamides is 1. The number of nitrogens with zero attached hydrogens (tertiary/aromatic N) is 2. The normalized spacial score (nSPS) is 23.5. The Bertz CT molecular complexity index is 1970. The van der Waals surface area contributed by atoms with Gasteiger partial charge in [-0.1, -0.05) is 105 Å². The Morgan fingerprint density at radius 3 is 2.22 bits per heavy atom. The Morgan fingerprint density at radius 2 is 1.57 bits per heavy atom. The van der Waals surface area contributed by atoms with Crippen LogP contribution < -0.4 is 15.1 Å². The molecular weight excluding hydrogens is 698 g/mol. The molecule has 3 fully saturated rings. The molecule has 0 aliphatic carbocycles. The van der Waals surface area contributed by atoms with Crippen molar-refractivity contribution in [1.82, 2.24) is 14.5 Å². The minimum atomic E-state index is -4.01. The Morgan fingerprint density at radius 1 is 0.922 bits per heavy atom. The second kappa shape index (κ2) is 14.2. The molecule has 2 bridgehead atoms. The zero-order valence-corrected chi connectivity index (χ0v) is 31.9. The van der Waals surface area contributed by atoms with Crippen LogP contribution in [0.2, 0.25) is 10.1 Å². The molecule has 3 aliphatic heterocycles. The third-order valence-corrected chi connectivity index (χ3v) is 18.0. The summed E-state index contributed by atoms with van der Waals surface area (Å²) in [6, 6.07) is 30.6. The van der Waals surface area contributed by atoms with Crippen molar-refractivity contribution in [3.05, 3.63) is 102 Å². The van der Waals surface area contributed by atoms with Crippen LogP contribution in [0.15, 0.2) is 102 Å². The van der Waals surface area contributed by atoms with E-state index in [1.165, 1.54) is 16.4 Å². The highest BCUT2D eigenvalue weighted by Gasteiger charge is 2.54. The second-order valence-corrected chi connectivity index (χ2v) is 21.7. The lowest BCUT2D eigenvalue weighted by molar-refractivity contribution is -0.147. The molecule has 4 aromatic rings. The Labute approximate surface area is 307 Å². The summed E-state index contributed by atoms with van der Waals surface area (Å²) in [6.45, 7) is 7.79. The minimum absolute atomic E-state index is 0.0792. The van der Waals surface area contributed by atoms with Gasteiger partial charge in [-0.2, -0.15) is 4.72 Å². The van der Waals surface area contributed by atoms with E-state index in [1.54, 1.807) is 35.2 Å². The van der Waals surface area contributed by atoms with Crippen LogP contribution >= 0.6 is 11.6 Å². The van der Waals surface area contributed by atoms with Crippen molar-refractivity contribution in [2.45, 2.75) is 87.1 Å². The summed E-state index contributed by atoms with van der Waals surface area (Å²) in [7, 11) is -6.76. The van der Waals surface area contributed by atoms with Crippen LogP contribution in [-0.2, 0) is 24.0 Å². The highest BCUT2D eigenvalue weighted by atomic mass is 35.5. The van der Waals surface area contributed by atoms with E-state index in [9.17, 15) is 18.0 Å². The van der Waals surface area contributed by atoms with Gasteiger partial charge in [-0.25, -0.2) is 8.42 Å². The van der Waals surface area contributed by atoms with E-state index in [1.807, 2.05) is 12.1 Å². The molecule has 4 aromatic carbocycles. The molecule has 3 heterocycles. The second-order valence-electron chi connectivity index (χ2n) is 15.3. The number of hydrogen-bond acceptors (Lipinski definition) is 6. The topological polar surface area (TPSA) is 96.0 Å². The Kier molecular flexibility index (Phi) is 10.0. The summed E-state index contributed by atoms with van der Waals surface area (Å²) < 4.78 is 37.1. The summed E-state index contributed by atoms with van der Waals surface area (Å²) in [5.41, 5.74) is 0. The number of piperidine rings is 1. The first kappa shape index (κ1) is 36.0. The molecule has 5 atom stereocenters. The van der Waals surface area contributed by atoms with Gasteiger partial charge in [-0.15, -0.1) is 0 Å². The van der Waals surface area contributed by atoms with Crippen LogP contribution in [0, 0.1) is 5.92 Å². The molecule has 0 saturated carbocycles.